The lowest BCUT2D eigenvalue weighted by molar-refractivity contribution is -0.0863. The van der Waals surface area contributed by atoms with Crippen molar-refractivity contribution in [2.24, 2.45) is 0 Å². The SMILES string of the molecule is Cc1cc(C)c2c(c1)N(C)/C(=C\CCCCCCC1[O+](C)c3cc(C)cc(C)c3C1(C)C)C2(C)C. The Morgan fingerprint density at radius 2 is 1.43 bits per heavy atom. The second kappa shape index (κ2) is 9.34. The minimum atomic E-state index is 0.0865. The highest BCUT2D eigenvalue weighted by molar-refractivity contribution is 5.72. The van der Waals surface area contributed by atoms with Crippen molar-refractivity contribution in [3.63, 3.8) is 0 Å². The van der Waals surface area contributed by atoms with E-state index in [0.717, 1.165) is 0 Å². The number of aryl methyl sites for hydroxylation is 4. The lowest BCUT2D eigenvalue weighted by atomic mass is 9.77. The molecule has 2 heteroatoms. The Morgan fingerprint density at radius 1 is 0.829 bits per heavy atom. The molecule has 2 aromatic carbocycles. The van der Waals surface area contributed by atoms with E-state index in [0.29, 0.717) is 6.10 Å². The third-order valence-corrected chi connectivity index (χ3v) is 8.87. The molecule has 0 bridgehead atoms. The minimum absolute atomic E-state index is 0.0865. The third kappa shape index (κ3) is 4.43. The van der Waals surface area contributed by atoms with Gasteiger partial charge >= 0.3 is 0 Å². The zero-order valence-electron chi connectivity index (χ0n) is 24.1. The van der Waals surface area contributed by atoms with Gasteiger partial charge in [-0.1, -0.05) is 44.9 Å². The van der Waals surface area contributed by atoms with Gasteiger partial charge in [-0.15, -0.1) is 0 Å². The predicted octanol–water partition coefficient (Wildman–Crippen LogP) is 9.13. The molecule has 0 saturated heterocycles. The molecule has 0 amide bonds. The zero-order chi connectivity index (χ0) is 25.7. The normalized spacial score (nSPS) is 21.1. The molecule has 1 unspecified atom stereocenters. The van der Waals surface area contributed by atoms with Crippen LogP contribution in [-0.4, -0.2) is 20.3 Å². The molecule has 1 atom stereocenters. The van der Waals surface area contributed by atoms with Crippen molar-refractivity contribution in [2.45, 2.75) is 111 Å². The summed E-state index contributed by atoms with van der Waals surface area (Å²) in [6.45, 7) is 18.6. The summed E-state index contributed by atoms with van der Waals surface area (Å²) in [7, 11) is 4.47. The monoisotopic (exact) mass is 474 g/mol. The van der Waals surface area contributed by atoms with E-state index in [1.165, 1.54) is 89.0 Å². The molecule has 0 saturated carbocycles. The molecule has 0 N–H and O–H groups in total. The summed E-state index contributed by atoms with van der Waals surface area (Å²) in [6.07, 6.45) is 10.6. The Hall–Kier alpha value is -2.22. The topological polar surface area (TPSA) is 5.94 Å². The fourth-order valence-corrected chi connectivity index (χ4v) is 7.46. The standard InChI is InChI=1S/C33H48NO/c1-22-18-24(3)30-26(20-22)34(9)28(32(30,5)6)16-14-12-11-13-15-17-29-33(7,8)31-25(4)19-23(2)21-27(31)35(29)10/h16,18-21,29H,11-15,17H2,1-10H3/q+1/b28-16-. The molecule has 0 aromatic heterocycles. The quantitative estimate of drug-likeness (QED) is 0.286. The number of fused-ring (bicyclic) bond motifs is 2. The Kier molecular flexibility index (Phi) is 6.90. The molecule has 4 rings (SSSR count). The van der Waals surface area contributed by atoms with Gasteiger partial charge in [0.1, 0.15) is 0 Å². The van der Waals surface area contributed by atoms with Gasteiger partial charge in [0.05, 0.1) is 11.0 Å². The van der Waals surface area contributed by atoms with Crippen molar-refractivity contribution in [3.8, 4) is 5.75 Å². The van der Waals surface area contributed by atoms with Gasteiger partial charge in [-0.2, -0.15) is 0 Å². The van der Waals surface area contributed by atoms with Crippen LogP contribution in [0.25, 0.3) is 0 Å². The molecule has 0 aliphatic carbocycles. The van der Waals surface area contributed by atoms with Crippen molar-refractivity contribution in [1.29, 1.82) is 0 Å². The minimum Gasteiger partial charge on any atom is -0.571 e. The maximum absolute atomic E-state index is 3.51. The van der Waals surface area contributed by atoms with Gasteiger partial charge < -0.3 is 9.27 Å². The first-order valence-electron chi connectivity index (χ1n) is 13.7. The van der Waals surface area contributed by atoms with Gasteiger partial charge in [0, 0.05) is 36.3 Å². The zero-order valence-corrected chi connectivity index (χ0v) is 24.1. The lowest BCUT2D eigenvalue weighted by Crippen LogP contribution is -2.33. The average molecular weight is 475 g/mol. The average Bonchev–Trinajstić information content (AvgIpc) is 3.05. The van der Waals surface area contributed by atoms with E-state index in [4.69, 9.17) is 0 Å². The largest absolute Gasteiger partial charge is 0.571 e. The van der Waals surface area contributed by atoms with Crippen LogP contribution in [0, 0.1) is 27.7 Å². The van der Waals surface area contributed by atoms with Crippen molar-refractivity contribution in [3.05, 3.63) is 69.4 Å². The van der Waals surface area contributed by atoms with E-state index in [-0.39, 0.29) is 10.8 Å². The van der Waals surface area contributed by atoms with Crippen LogP contribution in [0.15, 0.2) is 36.0 Å². The maximum atomic E-state index is 3.51. The van der Waals surface area contributed by atoms with Crippen LogP contribution in [0.4, 0.5) is 5.69 Å². The highest BCUT2D eigenvalue weighted by Gasteiger charge is 2.50. The molecule has 0 radical (unpaired) electrons. The fraction of sp³-hybridized carbons (Fsp3) is 0.576. The van der Waals surface area contributed by atoms with Crippen molar-refractivity contribution < 1.29 is 4.37 Å². The number of rotatable bonds is 7. The van der Waals surface area contributed by atoms with E-state index in [1.54, 1.807) is 0 Å². The highest BCUT2D eigenvalue weighted by atomic mass is 16.7. The number of allylic oxidation sites excluding steroid dienone is 2. The van der Waals surface area contributed by atoms with Crippen molar-refractivity contribution in [1.82, 2.24) is 0 Å². The molecular formula is C33H48NO+. The van der Waals surface area contributed by atoms with Crippen LogP contribution >= 0.6 is 0 Å². The number of hydrogen-bond acceptors (Lipinski definition) is 1. The predicted molar refractivity (Wildman–Crippen MR) is 152 cm³/mol. The molecule has 0 spiro atoms. The summed E-state index contributed by atoms with van der Waals surface area (Å²) >= 11 is 0. The summed E-state index contributed by atoms with van der Waals surface area (Å²) in [4.78, 5) is 2.44. The molecule has 2 aliphatic rings. The number of nitrogens with zero attached hydrogens (tertiary/aromatic N) is 1. The van der Waals surface area contributed by atoms with Gasteiger partial charge in [0.2, 0.25) is 0 Å². The van der Waals surface area contributed by atoms with E-state index in [1.807, 2.05) is 0 Å². The highest BCUT2D eigenvalue weighted by Crippen LogP contribution is 2.53. The van der Waals surface area contributed by atoms with Crippen LogP contribution in [0.1, 0.15) is 99.6 Å². The number of likely N-dealkylation sites (N-methyl/N-ethyl adjacent to an activating group) is 1. The van der Waals surface area contributed by atoms with Crippen LogP contribution in [-0.2, 0) is 15.2 Å². The molecule has 190 valence electrons. The summed E-state index contributed by atoms with van der Waals surface area (Å²) in [6, 6.07) is 9.38. The first kappa shape index (κ1) is 25.9. The van der Waals surface area contributed by atoms with E-state index in [2.05, 4.69) is 109 Å². The summed E-state index contributed by atoms with van der Waals surface area (Å²) < 4.78 is 3.51. The molecule has 35 heavy (non-hydrogen) atoms. The van der Waals surface area contributed by atoms with Crippen LogP contribution in [0.3, 0.4) is 0 Å². The molecular weight excluding hydrogens is 426 g/mol. The van der Waals surface area contributed by atoms with E-state index < -0.39 is 0 Å². The van der Waals surface area contributed by atoms with Crippen LogP contribution < -0.4 is 4.90 Å². The van der Waals surface area contributed by atoms with Crippen LogP contribution in [0.5, 0.6) is 5.75 Å². The van der Waals surface area contributed by atoms with Gasteiger partial charge in [-0.3, -0.25) is 0 Å². The summed E-state index contributed by atoms with van der Waals surface area (Å²) in [5, 5.41) is 0. The van der Waals surface area contributed by atoms with Crippen LogP contribution in [0.2, 0.25) is 0 Å². The molecule has 2 aliphatic heterocycles. The number of benzene rings is 2. The molecule has 2 aromatic rings. The van der Waals surface area contributed by atoms with Crippen molar-refractivity contribution in [2.75, 3.05) is 19.1 Å². The molecule has 0 fully saturated rings. The van der Waals surface area contributed by atoms with Gasteiger partial charge in [0.25, 0.3) is 5.75 Å². The lowest BCUT2D eigenvalue weighted by Gasteiger charge is -2.29. The summed E-state index contributed by atoms with van der Waals surface area (Å²) in [5.41, 5.74) is 11.7. The molecule has 2 nitrogen and oxygen atoms in total. The van der Waals surface area contributed by atoms with Gasteiger partial charge in [-0.25, -0.2) is 0 Å². The number of unbranched alkanes of at least 4 members (excludes halogenated alkanes) is 4. The van der Waals surface area contributed by atoms with E-state index in [9.17, 15) is 0 Å². The van der Waals surface area contributed by atoms with Crippen molar-refractivity contribution >= 4 is 5.69 Å². The Labute approximate surface area is 215 Å². The Bertz CT molecular complexity index is 1140. The fourth-order valence-electron chi connectivity index (χ4n) is 7.46. The second-order valence-corrected chi connectivity index (χ2v) is 12.5. The Balaban J connectivity index is 1.30. The number of hydrogen-bond donors (Lipinski definition) is 0. The van der Waals surface area contributed by atoms with Gasteiger partial charge in [0.15, 0.2) is 13.2 Å². The third-order valence-electron chi connectivity index (χ3n) is 8.87. The maximum Gasteiger partial charge on any atom is 0.260 e. The summed E-state index contributed by atoms with van der Waals surface area (Å²) in [5.74, 6) is 1.37. The van der Waals surface area contributed by atoms with Gasteiger partial charge in [-0.05, 0) is 94.7 Å². The Morgan fingerprint density at radius 3 is 2.11 bits per heavy atom. The first-order chi connectivity index (χ1) is 16.4. The number of anilines is 1. The first-order valence-corrected chi connectivity index (χ1v) is 13.7. The second-order valence-electron chi connectivity index (χ2n) is 12.5. The molecule has 2 heterocycles. The smallest absolute Gasteiger partial charge is 0.260 e. The van der Waals surface area contributed by atoms with E-state index >= 15 is 0 Å².